The van der Waals surface area contributed by atoms with Crippen LogP contribution in [-0.2, 0) is 9.53 Å². The second-order valence-corrected chi connectivity index (χ2v) is 4.68. The summed E-state index contributed by atoms with van der Waals surface area (Å²) in [6, 6.07) is -0.866. The number of rotatable bonds is 5. The molecule has 0 radical (unpaired) electrons. The SMILES string of the molecule is CCCC[C@H](NC(=O)OC(C)(C)C)C(=O)O.Cl. The molecule has 0 aliphatic rings. The minimum absolute atomic E-state index is 0. The summed E-state index contributed by atoms with van der Waals surface area (Å²) in [5.74, 6) is -1.03. The Labute approximate surface area is 108 Å². The van der Waals surface area contributed by atoms with Crippen LogP contribution in [0.2, 0.25) is 0 Å². The number of unbranched alkanes of at least 4 members (excludes halogenated alkanes) is 1. The van der Waals surface area contributed by atoms with Crippen LogP contribution in [0, 0.1) is 0 Å². The van der Waals surface area contributed by atoms with Gasteiger partial charge in [0, 0.05) is 0 Å². The normalized spacial score (nSPS) is 12.2. The molecule has 0 spiro atoms. The summed E-state index contributed by atoms with van der Waals surface area (Å²) >= 11 is 0. The van der Waals surface area contributed by atoms with Gasteiger partial charge in [-0.15, -0.1) is 12.4 Å². The van der Waals surface area contributed by atoms with Crippen molar-refractivity contribution in [3.63, 3.8) is 0 Å². The van der Waals surface area contributed by atoms with Crippen molar-refractivity contribution in [2.45, 2.75) is 58.6 Å². The monoisotopic (exact) mass is 267 g/mol. The minimum Gasteiger partial charge on any atom is -0.480 e. The van der Waals surface area contributed by atoms with Crippen molar-refractivity contribution in [3.8, 4) is 0 Å². The van der Waals surface area contributed by atoms with Crippen LogP contribution in [0.15, 0.2) is 0 Å². The summed E-state index contributed by atoms with van der Waals surface area (Å²) in [6.45, 7) is 7.16. The van der Waals surface area contributed by atoms with E-state index in [1.807, 2.05) is 6.92 Å². The van der Waals surface area contributed by atoms with Crippen molar-refractivity contribution < 1.29 is 19.4 Å². The molecule has 102 valence electrons. The first-order valence-electron chi connectivity index (χ1n) is 5.48. The highest BCUT2D eigenvalue weighted by Gasteiger charge is 2.23. The number of halogens is 1. The maximum atomic E-state index is 11.3. The van der Waals surface area contributed by atoms with Crippen LogP contribution in [0.5, 0.6) is 0 Å². The van der Waals surface area contributed by atoms with Crippen molar-refractivity contribution >= 4 is 24.5 Å². The van der Waals surface area contributed by atoms with E-state index in [9.17, 15) is 9.59 Å². The molecule has 1 atom stereocenters. The van der Waals surface area contributed by atoms with E-state index < -0.39 is 23.7 Å². The molecule has 0 heterocycles. The lowest BCUT2D eigenvalue weighted by Gasteiger charge is -2.21. The van der Waals surface area contributed by atoms with Gasteiger partial charge in [-0.1, -0.05) is 19.8 Å². The van der Waals surface area contributed by atoms with E-state index in [0.29, 0.717) is 6.42 Å². The molecule has 0 fully saturated rings. The van der Waals surface area contributed by atoms with Crippen LogP contribution in [0.1, 0.15) is 47.0 Å². The second-order valence-electron chi connectivity index (χ2n) is 4.68. The topological polar surface area (TPSA) is 75.6 Å². The molecule has 6 heteroatoms. The fraction of sp³-hybridized carbons (Fsp3) is 0.818. The lowest BCUT2D eigenvalue weighted by molar-refractivity contribution is -0.139. The van der Waals surface area contributed by atoms with E-state index in [1.54, 1.807) is 20.8 Å². The molecule has 0 aliphatic carbocycles. The molecule has 0 aromatic rings. The highest BCUT2D eigenvalue weighted by molar-refractivity contribution is 5.85. The number of aliphatic carboxylic acids is 1. The van der Waals surface area contributed by atoms with Crippen molar-refractivity contribution in [1.82, 2.24) is 5.32 Å². The Balaban J connectivity index is 0. The van der Waals surface area contributed by atoms with E-state index in [4.69, 9.17) is 9.84 Å². The fourth-order valence-electron chi connectivity index (χ4n) is 1.12. The molecule has 0 saturated carbocycles. The first-order valence-corrected chi connectivity index (χ1v) is 5.48. The van der Waals surface area contributed by atoms with Gasteiger partial charge in [0.15, 0.2) is 0 Å². The summed E-state index contributed by atoms with van der Waals surface area (Å²) in [5.41, 5.74) is -0.613. The molecule has 0 bridgehead atoms. The molecule has 5 nitrogen and oxygen atoms in total. The van der Waals surface area contributed by atoms with Crippen LogP contribution in [0.25, 0.3) is 0 Å². The maximum absolute atomic E-state index is 11.3. The molecular formula is C11H22ClNO4. The van der Waals surface area contributed by atoms with E-state index in [0.717, 1.165) is 12.8 Å². The third kappa shape index (κ3) is 9.93. The molecule has 0 unspecified atom stereocenters. The summed E-state index contributed by atoms with van der Waals surface area (Å²) in [7, 11) is 0. The highest BCUT2D eigenvalue weighted by Crippen LogP contribution is 2.08. The van der Waals surface area contributed by atoms with E-state index >= 15 is 0 Å². The van der Waals surface area contributed by atoms with Gasteiger partial charge in [0.1, 0.15) is 11.6 Å². The average Bonchev–Trinajstić information content (AvgIpc) is 2.08. The molecule has 0 aromatic carbocycles. The first-order chi connectivity index (χ1) is 7.26. The Hall–Kier alpha value is -0.970. The van der Waals surface area contributed by atoms with Gasteiger partial charge in [0.05, 0.1) is 0 Å². The van der Waals surface area contributed by atoms with Crippen molar-refractivity contribution in [3.05, 3.63) is 0 Å². The number of carboxylic acid groups (broad SMARTS) is 1. The van der Waals surface area contributed by atoms with Crippen LogP contribution >= 0.6 is 12.4 Å². The Morgan fingerprint density at radius 3 is 2.24 bits per heavy atom. The predicted molar refractivity (Wildman–Crippen MR) is 67.6 cm³/mol. The number of nitrogens with one attached hydrogen (secondary N) is 1. The molecule has 0 rings (SSSR count). The Kier molecular flexibility index (Phi) is 8.84. The Bertz CT molecular complexity index is 250. The standard InChI is InChI=1S/C11H21NO4.ClH/c1-5-6-7-8(9(13)14)12-10(15)16-11(2,3)4;/h8H,5-7H2,1-4H3,(H,12,15)(H,13,14);1H/t8-;/m0./s1. The van der Waals surface area contributed by atoms with E-state index in [2.05, 4.69) is 5.32 Å². The second kappa shape index (κ2) is 8.17. The lowest BCUT2D eigenvalue weighted by atomic mass is 10.1. The van der Waals surface area contributed by atoms with E-state index in [-0.39, 0.29) is 12.4 Å². The summed E-state index contributed by atoms with van der Waals surface area (Å²) < 4.78 is 4.98. The van der Waals surface area contributed by atoms with Gasteiger partial charge in [-0.3, -0.25) is 0 Å². The Morgan fingerprint density at radius 1 is 1.35 bits per heavy atom. The summed E-state index contributed by atoms with van der Waals surface area (Å²) in [6.07, 6.45) is 1.38. The Morgan fingerprint density at radius 2 is 1.88 bits per heavy atom. The smallest absolute Gasteiger partial charge is 0.408 e. The number of alkyl carbamates (subject to hydrolysis) is 1. The highest BCUT2D eigenvalue weighted by atomic mass is 35.5. The largest absolute Gasteiger partial charge is 0.480 e. The lowest BCUT2D eigenvalue weighted by Crippen LogP contribution is -2.43. The van der Waals surface area contributed by atoms with Gasteiger partial charge in [-0.2, -0.15) is 0 Å². The summed E-state index contributed by atoms with van der Waals surface area (Å²) in [5, 5.41) is 11.2. The van der Waals surface area contributed by atoms with Crippen LogP contribution < -0.4 is 5.32 Å². The molecular weight excluding hydrogens is 246 g/mol. The molecule has 0 aliphatic heterocycles. The van der Waals surface area contributed by atoms with Crippen LogP contribution in [0.3, 0.4) is 0 Å². The van der Waals surface area contributed by atoms with Gasteiger partial charge in [0.25, 0.3) is 0 Å². The van der Waals surface area contributed by atoms with E-state index in [1.165, 1.54) is 0 Å². The van der Waals surface area contributed by atoms with Crippen molar-refractivity contribution in [1.29, 1.82) is 0 Å². The molecule has 17 heavy (non-hydrogen) atoms. The first kappa shape index (κ1) is 18.4. The zero-order valence-corrected chi connectivity index (χ0v) is 11.6. The van der Waals surface area contributed by atoms with Gasteiger partial charge in [0.2, 0.25) is 0 Å². The average molecular weight is 268 g/mol. The summed E-state index contributed by atoms with van der Waals surface area (Å²) in [4.78, 5) is 22.2. The number of carbonyl (C=O) groups is 2. The minimum atomic E-state index is -1.03. The maximum Gasteiger partial charge on any atom is 0.408 e. The van der Waals surface area contributed by atoms with Gasteiger partial charge in [-0.05, 0) is 27.2 Å². The molecule has 0 aromatic heterocycles. The fourth-order valence-corrected chi connectivity index (χ4v) is 1.12. The zero-order chi connectivity index (χ0) is 12.8. The van der Waals surface area contributed by atoms with Gasteiger partial charge in [-0.25, -0.2) is 9.59 Å². The number of amides is 1. The number of hydrogen-bond acceptors (Lipinski definition) is 3. The predicted octanol–water partition coefficient (Wildman–Crippen LogP) is 2.58. The zero-order valence-electron chi connectivity index (χ0n) is 10.8. The molecule has 1 amide bonds. The quantitative estimate of drug-likeness (QED) is 0.803. The third-order valence-corrected chi connectivity index (χ3v) is 1.84. The van der Waals surface area contributed by atoms with Gasteiger partial charge < -0.3 is 15.2 Å². The third-order valence-electron chi connectivity index (χ3n) is 1.84. The van der Waals surface area contributed by atoms with Gasteiger partial charge >= 0.3 is 12.1 Å². The number of carboxylic acids is 1. The number of carbonyl (C=O) groups excluding carboxylic acids is 1. The van der Waals surface area contributed by atoms with Crippen LogP contribution in [0.4, 0.5) is 4.79 Å². The van der Waals surface area contributed by atoms with Crippen LogP contribution in [-0.4, -0.2) is 28.8 Å². The molecule has 0 saturated heterocycles. The number of hydrogen-bond donors (Lipinski definition) is 2. The molecule has 2 N–H and O–H groups in total. The number of ether oxygens (including phenoxy) is 1. The van der Waals surface area contributed by atoms with Crippen molar-refractivity contribution in [2.75, 3.05) is 0 Å². The van der Waals surface area contributed by atoms with Crippen molar-refractivity contribution in [2.24, 2.45) is 0 Å².